The van der Waals surface area contributed by atoms with E-state index in [2.05, 4.69) is 15.3 Å². The molecule has 158 valence electrons. The van der Waals surface area contributed by atoms with Gasteiger partial charge in [0.15, 0.2) is 0 Å². The van der Waals surface area contributed by atoms with Crippen molar-refractivity contribution in [2.24, 2.45) is 5.73 Å². The van der Waals surface area contributed by atoms with Crippen LogP contribution in [0, 0.1) is 18.6 Å². The topological polar surface area (TPSA) is 77.5 Å². The van der Waals surface area contributed by atoms with Gasteiger partial charge in [0.25, 0.3) is 0 Å². The van der Waals surface area contributed by atoms with Gasteiger partial charge < -0.3 is 15.8 Å². The van der Waals surface area contributed by atoms with Gasteiger partial charge in [0.05, 0.1) is 12.3 Å². The summed E-state index contributed by atoms with van der Waals surface area (Å²) in [5.41, 5.74) is 10.5. The van der Waals surface area contributed by atoms with Crippen LogP contribution < -0.4 is 15.8 Å². The molecule has 0 unspecified atom stereocenters. The SMILES string of the molecule is Cc1c(F)cccc1-c1cnc(NCc2c(F)ccc3c2CCO3)n2cc(CN)nc12. The van der Waals surface area contributed by atoms with Gasteiger partial charge in [-0.25, -0.2) is 18.7 Å². The molecular formula is C23H21F2N5O. The molecule has 0 saturated carbocycles. The number of nitrogens with two attached hydrogens (primary N) is 1. The van der Waals surface area contributed by atoms with Crippen LogP contribution in [0.15, 0.2) is 42.7 Å². The fourth-order valence-electron chi connectivity index (χ4n) is 4.02. The van der Waals surface area contributed by atoms with Crippen molar-refractivity contribution in [2.45, 2.75) is 26.4 Å². The largest absolute Gasteiger partial charge is 0.493 e. The van der Waals surface area contributed by atoms with E-state index in [1.54, 1.807) is 35.9 Å². The average molecular weight is 421 g/mol. The molecule has 0 saturated heterocycles. The van der Waals surface area contributed by atoms with Crippen LogP contribution in [0.2, 0.25) is 0 Å². The van der Waals surface area contributed by atoms with Crippen LogP contribution in [0.25, 0.3) is 16.8 Å². The zero-order valence-corrected chi connectivity index (χ0v) is 17.0. The van der Waals surface area contributed by atoms with Crippen molar-refractivity contribution in [2.75, 3.05) is 11.9 Å². The lowest BCUT2D eigenvalue weighted by Gasteiger charge is -2.14. The Hall–Kier alpha value is -3.52. The van der Waals surface area contributed by atoms with Crippen LogP contribution in [0.5, 0.6) is 5.75 Å². The predicted octanol–water partition coefficient (Wildman–Crippen LogP) is 3.99. The summed E-state index contributed by atoms with van der Waals surface area (Å²) in [7, 11) is 0. The van der Waals surface area contributed by atoms with Crippen molar-refractivity contribution in [3.8, 4) is 16.9 Å². The molecule has 0 atom stereocenters. The number of fused-ring (bicyclic) bond motifs is 2. The first-order chi connectivity index (χ1) is 15.1. The van der Waals surface area contributed by atoms with Gasteiger partial charge in [0.1, 0.15) is 23.0 Å². The number of hydrogen-bond acceptors (Lipinski definition) is 5. The second kappa shape index (κ2) is 7.63. The number of nitrogens with one attached hydrogen (secondary N) is 1. The zero-order valence-electron chi connectivity index (χ0n) is 17.0. The van der Waals surface area contributed by atoms with Gasteiger partial charge >= 0.3 is 0 Å². The van der Waals surface area contributed by atoms with Crippen LogP contribution in [0.1, 0.15) is 22.4 Å². The number of rotatable bonds is 5. The summed E-state index contributed by atoms with van der Waals surface area (Å²) in [6, 6.07) is 8.00. The van der Waals surface area contributed by atoms with E-state index in [9.17, 15) is 8.78 Å². The van der Waals surface area contributed by atoms with Crippen LogP contribution >= 0.6 is 0 Å². The van der Waals surface area contributed by atoms with Gasteiger partial charge in [0, 0.05) is 48.6 Å². The van der Waals surface area contributed by atoms with E-state index >= 15 is 0 Å². The molecule has 0 radical (unpaired) electrons. The zero-order chi connectivity index (χ0) is 21.5. The summed E-state index contributed by atoms with van der Waals surface area (Å²) in [6.45, 7) is 2.77. The molecule has 0 bridgehead atoms. The van der Waals surface area contributed by atoms with E-state index in [1.165, 1.54) is 12.1 Å². The van der Waals surface area contributed by atoms with E-state index in [1.807, 2.05) is 6.07 Å². The third kappa shape index (κ3) is 3.29. The maximum absolute atomic E-state index is 14.5. The fourth-order valence-corrected chi connectivity index (χ4v) is 4.02. The van der Waals surface area contributed by atoms with Crippen molar-refractivity contribution in [3.63, 3.8) is 0 Å². The Kier molecular flexibility index (Phi) is 4.78. The number of imidazole rings is 1. The van der Waals surface area contributed by atoms with Gasteiger partial charge in [-0.3, -0.25) is 4.40 Å². The second-order valence-electron chi connectivity index (χ2n) is 7.49. The molecule has 2 aromatic heterocycles. The molecule has 4 aromatic rings. The molecule has 31 heavy (non-hydrogen) atoms. The number of hydrogen-bond donors (Lipinski definition) is 2. The number of benzene rings is 2. The van der Waals surface area contributed by atoms with E-state index in [0.29, 0.717) is 52.6 Å². The standard InChI is InChI=1S/C23H21F2N5O/c1-13-15(3-2-4-19(13)24)18-11-28-23(30-12-14(9-26)29-22(18)30)27-10-17-16-7-8-31-21(16)6-5-20(17)25/h2-6,11-12H,7-10,26H2,1H3,(H,27,28). The fraction of sp³-hybridized carbons (Fsp3) is 0.217. The van der Waals surface area contributed by atoms with Crippen LogP contribution in [0.3, 0.4) is 0 Å². The highest BCUT2D eigenvalue weighted by Crippen LogP contribution is 2.32. The van der Waals surface area contributed by atoms with Crippen LogP contribution in [-0.2, 0) is 19.5 Å². The van der Waals surface area contributed by atoms with E-state index in [4.69, 9.17) is 10.5 Å². The molecule has 5 rings (SSSR count). The number of anilines is 1. The highest BCUT2D eigenvalue weighted by Gasteiger charge is 2.20. The molecule has 1 aliphatic rings. The molecule has 0 spiro atoms. The third-order valence-electron chi connectivity index (χ3n) is 5.67. The quantitative estimate of drug-likeness (QED) is 0.510. The molecular weight excluding hydrogens is 400 g/mol. The molecule has 6 nitrogen and oxygen atoms in total. The molecule has 0 fully saturated rings. The van der Waals surface area contributed by atoms with E-state index in [-0.39, 0.29) is 24.7 Å². The molecule has 2 aromatic carbocycles. The lowest BCUT2D eigenvalue weighted by molar-refractivity contribution is 0.356. The molecule has 1 aliphatic heterocycles. The number of aromatic nitrogens is 3. The maximum atomic E-state index is 14.5. The summed E-state index contributed by atoms with van der Waals surface area (Å²) in [5, 5.41) is 3.22. The number of nitrogens with zero attached hydrogens (tertiary/aromatic N) is 3. The average Bonchev–Trinajstić information content (AvgIpc) is 3.42. The predicted molar refractivity (Wildman–Crippen MR) is 114 cm³/mol. The second-order valence-corrected chi connectivity index (χ2v) is 7.49. The van der Waals surface area contributed by atoms with Crippen molar-refractivity contribution < 1.29 is 13.5 Å². The van der Waals surface area contributed by atoms with Crippen LogP contribution in [-0.4, -0.2) is 21.0 Å². The minimum absolute atomic E-state index is 0.245. The number of halogens is 2. The summed E-state index contributed by atoms with van der Waals surface area (Å²) in [5.74, 6) is 0.643. The van der Waals surface area contributed by atoms with Crippen molar-refractivity contribution in [3.05, 3.63) is 76.7 Å². The smallest absolute Gasteiger partial charge is 0.208 e. The normalized spacial score (nSPS) is 12.8. The summed E-state index contributed by atoms with van der Waals surface area (Å²) < 4.78 is 36.0. The Bertz CT molecular complexity index is 1300. The molecule has 8 heteroatoms. The Morgan fingerprint density at radius 2 is 2.03 bits per heavy atom. The van der Waals surface area contributed by atoms with E-state index < -0.39 is 0 Å². The Labute approximate surface area is 177 Å². The molecule has 3 N–H and O–H groups in total. The van der Waals surface area contributed by atoms with Crippen LogP contribution in [0.4, 0.5) is 14.7 Å². The van der Waals surface area contributed by atoms with Gasteiger partial charge in [-0.15, -0.1) is 0 Å². The van der Waals surface area contributed by atoms with Gasteiger partial charge in [0.2, 0.25) is 5.95 Å². The van der Waals surface area contributed by atoms with E-state index in [0.717, 1.165) is 11.3 Å². The first-order valence-electron chi connectivity index (χ1n) is 10.1. The van der Waals surface area contributed by atoms with Gasteiger partial charge in [-0.1, -0.05) is 12.1 Å². The van der Waals surface area contributed by atoms with Gasteiger partial charge in [-0.05, 0) is 36.2 Å². The third-order valence-corrected chi connectivity index (χ3v) is 5.67. The summed E-state index contributed by atoms with van der Waals surface area (Å²) in [4.78, 5) is 9.15. The minimum Gasteiger partial charge on any atom is -0.493 e. The summed E-state index contributed by atoms with van der Waals surface area (Å²) >= 11 is 0. The van der Waals surface area contributed by atoms with Crippen molar-refractivity contribution in [1.82, 2.24) is 14.4 Å². The number of ether oxygens (including phenoxy) is 1. The maximum Gasteiger partial charge on any atom is 0.208 e. The lowest BCUT2D eigenvalue weighted by atomic mass is 10.0. The Morgan fingerprint density at radius 3 is 2.87 bits per heavy atom. The lowest BCUT2D eigenvalue weighted by Crippen LogP contribution is -2.10. The Morgan fingerprint density at radius 1 is 1.16 bits per heavy atom. The highest BCUT2D eigenvalue weighted by atomic mass is 19.1. The molecule has 3 heterocycles. The van der Waals surface area contributed by atoms with Crippen molar-refractivity contribution in [1.29, 1.82) is 0 Å². The Balaban J connectivity index is 1.56. The summed E-state index contributed by atoms with van der Waals surface area (Å²) in [6.07, 6.45) is 4.12. The van der Waals surface area contributed by atoms with Crippen molar-refractivity contribution >= 4 is 11.6 Å². The molecule has 0 aliphatic carbocycles. The minimum atomic E-state index is -0.293. The highest BCUT2D eigenvalue weighted by molar-refractivity contribution is 5.80. The monoisotopic (exact) mass is 421 g/mol. The molecule has 0 amide bonds. The van der Waals surface area contributed by atoms with Gasteiger partial charge in [-0.2, -0.15) is 0 Å². The first-order valence-corrected chi connectivity index (χ1v) is 10.1. The first kappa shape index (κ1) is 19.4.